The molecule has 2 bridgehead atoms. The molecule has 4 rings (SSSR count). The number of likely N-dealkylation sites (tertiary alicyclic amines) is 1. The van der Waals surface area contributed by atoms with Gasteiger partial charge in [-0.15, -0.1) is 0 Å². The maximum atomic E-state index is 13.1. The van der Waals surface area contributed by atoms with Crippen LogP contribution in [0.2, 0.25) is 0 Å². The summed E-state index contributed by atoms with van der Waals surface area (Å²) in [5.41, 5.74) is 1.68. The number of phenols is 1. The second kappa shape index (κ2) is 5.24. The molecule has 1 fully saturated rings. The minimum absolute atomic E-state index is 0.0631. The van der Waals surface area contributed by atoms with Gasteiger partial charge in [-0.1, -0.05) is 6.07 Å². The number of ether oxygens (including phenoxy) is 2. The number of Topliss-reactive ketones (excluding diaryl/α,β-unsaturated/α-hetero) is 1. The molecule has 1 N–H and O–H groups in total. The van der Waals surface area contributed by atoms with Crippen LogP contribution >= 0.6 is 0 Å². The van der Waals surface area contributed by atoms with Crippen LogP contribution in [-0.2, 0) is 21.4 Å². The molecule has 5 nitrogen and oxygen atoms in total. The summed E-state index contributed by atoms with van der Waals surface area (Å²) in [4.78, 5) is 15.4. The van der Waals surface area contributed by atoms with Crippen molar-refractivity contribution in [1.82, 2.24) is 4.90 Å². The van der Waals surface area contributed by atoms with Crippen molar-refractivity contribution in [3.05, 3.63) is 35.1 Å². The summed E-state index contributed by atoms with van der Waals surface area (Å²) in [5, 5.41) is 10.9. The number of aromatic hydroxyl groups is 1. The maximum absolute atomic E-state index is 13.1. The Balaban J connectivity index is 1.97. The fourth-order valence-corrected chi connectivity index (χ4v) is 5.07. The van der Waals surface area contributed by atoms with Crippen LogP contribution in [0.5, 0.6) is 11.5 Å². The largest absolute Gasteiger partial charge is 0.504 e. The molecule has 1 aromatic carbocycles. The van der Waals surface area contributed by atoms with Gasteiger partial charge in [-0.3, -0.25) is 4.79 Å². The predicted octanol–water partition coefficient (Wildman–Crippen LogP) is 2.02. The predicted molar refractivity (Wildman–Crippen MR) is 89.3 cm³/mol. The number of phenolic OH excluding ortho intramolecular Hbond substituents is 1. The number of ketones is 1. The van der Waals surface area contributed by atoms with E-state index >= 15 is 0 Å². The molecule has 2 aliphatic carbocycles. The van der Waals surface area contributed by atoms with E-state index in [4.69, 9.17) is 9.47 Å². The lowest BCUT2D eigenvalue weighted by atomic mass is 9.53. The van der Waals surface area contributed by atoms with Crippen LogP contribution in [-0.4, -0.2) is 49.6 Å². The van der Waals surface area contributed by atoms with E-state index in [-0.39, 0.29) is 28.9 Å². The van der Waals surface area contributed by atoms with Crippen molar-refractivity contribution in [3.8, 4) is 11.5 Å². The number of allylic oxidation sites excluding steroid dienone is 2. The highest BCUT2D eigenvalue weighted by Crippen LogP contribution is 2.57. The molecule has 0 spiro atoms. The second-order valence-corrected chi connectivity index (χ2v) is 7.13. The van der Waals surface area contributed by atoms with Gasteiger partial charge in [-0.05, 0) is 50.6 Å². The fourth-order valence-electron chi connectivity index (χ4n) is 5.07. The second-order valence-electron chi connectivity index (χ2n) is 7.13. The molecule has 1 saturated heterocycles. The highest BCUT2D eigenvalue weighted by atomic mass is 16.5. The number of carbonyl (C=O) groups excluding carboxylic acids is 1. The SMILES string of the molecule is COC1=CC[C@@]23CCN(C)[C@H](Cc4ccc(OC)c(O)c42)[C@@H]3C1=O. The normalized spacial score (nSPS) is 31.8. The first-order valence-electron chi connectivity index (χ1n) is 8.41. The monoisotopic (exact) mass is 329 g/mol. The van der Waals surface area contributed by atoms with Gasteiger partial charge in [-0.25, -0.2) is 0 Å². The van der Waals surface area contributed by atoms with Gasteiger partial charge >= 0.3 is 0 Å². The minimum atomic E-state index is -0.359. The molecule has 0 radical (unpaired) electrons. The number of hydrogen-bond acceptors (Lipinski definition) is 5. The summed E-state index contributed by atoms with van der Waals surface area (Å²) >= 11 is 0. The number of methoxy groups -OCH3 is 2. The van der Waals surface area contributed by atoms with Crippen molar-refractivity contribution in [2.45, 2.75) is 30.7 Å². The Morgan fingerprint density at radius 1 is 1.29 bits per heavy atom. The van der Waals surface area contributed by atoms with Crippen LogP contribution in [0, 0.1) is 5.92 Å². The Morgan fingerprint density at radius 3 is 2.79 bits per heavy atom. The van der Waals surface area contributed by atoms with E-state index in [1.165, 1.54) is 0 Å². The summed E-state index contributed by atoms with van der Waals surface area (Å²) in [6.07, 6.45) is 4.22. The molecular weight excluding hydrogens is 306 g/mol. The van der Waals surface area contributed by atoms with Gasteiger partial charge in [0.1, 0.15) is 0 Å². The van der Waals surface area contributed by atoms with Crippen LogP contribution < -0.4 is 4.74 Å². The van der Waals surface area contributed by atoms with E-state index in [1.807, 2.05) is 18.2 Å². The van der Waals surface area contributed by atoms with Crippen LogP contribution in [0.15, 0.2) is 24.0 Å². The molecule has 3 atom stereocenters. The number of piperidine rings is 1. The molecule has 1 aliphatic heterocycles. The number of likely N-dealkylation sites (N-methyl/N-ethyl adjacent to an activating group) is 1. The molecule has 24 heavy (non-hydrogen) atoms. The number of fused-ring (bicyclic) bond motifs is 1. The average Bonchev–Trinajstić information content (AvgIpc) is 2.58. The molecule has 0 amide bonds. The van der Waals surface area contributed by atoms with Crippen LogP contribution in [0.25, 0.3) is 0 Å². The van der Waals surface area contributed by atoms with Gasteiger partial charge < -0.3 is 19.5 Å². The molecule has 5 heteroatoms. The molecular formula is C19H23NO4. The Kier molecular flexibility index (Phi) is 3.39. The molecule has 0 unspecified atom stereocenters. The van der Waals surface area contributed by atoms with Crippen molar-refractivity contribution in [2.75, 3.05) is 27.8 Å². The Labute approximate surface area is 141 Å². The molecule has 0 saturated carbocycles. The van der Waals surface area contributed by atoms with E-state index in [1.54, 1.807) is 14.2 Å². The Hall–Kier alpha value is -2.01. The summed E-state index contributed by atoms with van der Waals surface area (Å²) in [7, 11) is 5.20. The van der Waals surface area contributed by atoms with Gasteiger partial charge in [0.25, 0.3) is 0 Å². The van der Waals surface area contributed by atoms with Crippen molar-refractivity contribution in [3.63, 3.8) is 0 Å². The molecule has 1 aromatic rings. The zero-order valence-electron chi connectivity index (χ0n) is 14.3. The zero-order chi connectivity index (χ0) is 17.1. The van der Waals surface area contributed by atoms with Crippen molar-refractivity contribution in [1.29, 1.82) is 0 Å². The zero-order valence-corrected chi connectivity index (χ0v) is 14.3. The quantitative estimate of drug-likeness (QED) is 0.899. The first-order valence-corrected chi connectivity index (χ1v) is 8.41. The number of hydrogen-bond donors (Lipinski definition) is 1. The molecule has 128 valence electrons. The van der Waals surface area contributed by atoms with Crippen molar-refractivity contribution < 1.29 is 19.4 Å². The summed E-state index contributed by atoms with van der Waals surface area (Å²) in [6.45, 7) is 0.917. The lowest BCUT2D eigenvalue weighted by molar-refractivity contribution is -0.132. The third kappa shape index (κ3) is 1.82. The Bertz CT molecular complexity index is 741. The van der Waals surface area contributed by atoms with Gasteiger partial charge in [0.05, 0.1) is 20.1 Å². The summed E-state index contributed by atoms with van der Waals surface area (Å²) < 4.78 is 10.6. The van der Waals surface area contributed by atoms with Crippen LogP contribution in [0.1, 0.15) is 24.0 Å². The highest BCUT2D eigenvalue weighted by Gasteiger charge is 2.58. The average molecular weight is 329 g/mol. The number of benzene rings is 1. The van der Waals surface area contributed by atoms with Crippen LogP contribution in [0.3, 0.4) is 0 Å². The third-order valence-corrected chi connectivity index (χ3v) is 6.23. The van der Waals surface area contributed by atoms with E-state index in [0.29, 0.717) is 17.9 Å². The lowest BCUT2D eigenvalue weighted by Gasteiger charge is -2.56. The standard InChI is InChI=1S/C19H23NO4/c1-20-9-8-19-7-6-14(24-3)18(22)16(19)12(20)10-11-4-5-13(23-2)17(21)15(11)19/h4-6,12,16,21H,7-10H2,1-3H3/t12-,16-,19-/m1/s1. The summed E-state index contributed by atoms with van der Waals surface area (Å²) in [6, 6.07) is 4.00. The first-order chi connectivity index (χ1) is 11.5. The van der Waals surface area contributed by atoms with Crippen molar-refractivity contribution >= 4 is 5.78 Å². The first kappa shape index (κ1) is 15.5. The third-order valence-electron chi connectivity index (χ3n) is 6.23. The van der Waals surface area contributed by atoms with E-state index in [9.17, 15) is 9.90 Å². The van der Waals surface area contributed by atoms with E-state index in [2.05, 4.69) is 11.9 Å². The van der Waals surface area contributed by atoms with Gasteiger partial charge in [0.15, 0.2) is 17.3 Å². The molecule has 3 aliphatic rings. The van der Waals surface area contributed by atoms with E-state index in [0.717, 1.165) is 30.5 Å². The molecule has 1 heterocycles. The van der Waals surface area contributed by atoms with Gasteiger partial charge in [0, 0.05) is 17.0 Å². The molecule has 0 aromatic heterocycles. The minimum Gasteiger partial charge on any atom is -0.504 e. The lowest BCUT2D eigenvalue weighted by Crippen LogP contribution is -2.62. The number of nitrogens with zero attached hydrogens (tertiary/aromatic N) is 1. The smallest absolute Gasteiger partial charge is 0.202 e. The number of carbonyl (C=O) groups is 1. The Morgan fingerprint density at radius 2 is 2.08 bits per heavy atom. The summed E-state index contributed by atoms with van der Waals surface area (Å²) in [5.74, 6) is 1.02. The van der Waals surface area contributed by atoms with Gasteiger partial charge in [0.2, 0.25) is 5.78 Å². The van der Waals surface area contributed by atoms with Gasteiger partial charge in [-0.2, -0.15) is 0 Å². The number of rotatable bonds is 2. The topological polar surface area (TPSA) is 59.0 Å². The fraction of sp³-hybridized carbons (Fsp3) is 0.526. The van der Waals surface area contributed by atoms with Crippen molar-refractivity contribution in [2.24, 2.45) is 5.92 Å². The van der Waals surface area contributed by atoms with E-state index < -0.39 is 0 Å². The maximum Gasteiger partial charge on any atom is 0.202 e. The van der Waals surface area contributed by atoms with Crippen LogP contribution in [0.4, 0.5) is 0 Å². The highest BCUT2D eigenvalue weighted by molar-refractivity contribution is 5.98.